The summed E-state index contributed by atoms with van der Waals surface area (Å²) in [5.74, 6) is -0.508. The standard InChI is InChI=1S/C40H81O2P/c1-6-11-15-19-20-21-22-23-24-25-26-30-37-43-40(10-5,38(41)42)36-31-35-39(32-27-16-12-7-2,33-28-17-13-8-3)34-29-18-14-9-4/h43H,6-37H2,1-5H3,(H,41,42). The summed E-state index contributed by atoms with van der Waals surface area (Å²) in [4.78, 5) is 12.7. The lowest BCUT2D eigenvalue weighted by atomic mass is 9.70. The Morgan fingerprint density at radius 1 is 0.442 bits per heavy atom. The van der Waals surface area contributed by atoms with Gasteiger partial charge in [-0.05, 0) is 56.5 Å². The highest BCUT2D eigenvalue weighted by Crippen LogP contribution is 2.46. The molecule has 0 saturated carbocycles. The van der Waals surface area contributed by atoms with E-state index in [1.807, 2.05) is 0 Å². The topological polar surface area (TPSA) is 37.3 Å². The average Bonchev–Trinajstić information content (AvgIpc) is 3.01. The molecule has 0 aliphatic carbocycles. The maximum Gasteiger partial charge on any atom is 0.313 e. The van der Waals surface area contributed by atoms with Gasteiger partial charge in [-0.15, -0.1) is 8.58 Å². The molecule has 0 bridgehead atoms. The van der Waals surface area contributed by atoms with Gasteiger partial charge in [-0.3, -0.25) is 4.79 Å². The zero-order valence-electron chi connectivity index (χ0n) is 30.5. The minimum Gasteiger partial charge on any atom is -0.481 e. The molecule has 1 N–H and O–H groups in total. The third-order valence-electron chi connectivity index (χ3n) is 10.5. The molecule has 3 heteroatoms. The normalized spacial score (nSPS) is 13.7. The second-order valence-corrected chi connectivity index (χ2v) is 16.2. The molecule has 0 radical (unpaired) electrons. The van der Waals surface area contributed by atoms with E-state index < -0.39 is 11.1 Å². The van der Waals surface area contributed by atoms with Gasteiger partial charge in [0.1, 0.15) is 0 Å². The fourth-order valence-corrected chi connectivity index (χ4v) is 8.97. The number of hydrogen-bond acceptors (Lipinski definition) is 1. The third-order valence-corrected chi connectivity index (χ3v) is 12.6. The van der Waals surface area contributed by atoms with Crippen molar-refractivity contribution in [3.63, 3.8) is 0 Å². The molecule has 0 heterocycles. The van der Waals surface area contributed by atoms with Crippen molar-refractivity contribution in [2.75, 3.05) is 6.16 Å². The van der Waals surface area contributed by atoms with E-state index in [-0.39, 0.29) is 0 Å². The van der Waals surface area contributed by atoms with Crippen LogP contribution in [-0.4, -0.2) is 22.4 Å². The van der Waals surface area contributed by atoms with Crippen molar-refractivity contribution in [1.29, 1.82) is 0 Å². The van der Waals surface area contributed by atoms with Gasteiger partial charge in [0.05, 0.1) is 5.16 Å². The largest absolute Gasteiger partial charge is 0.481 e. The van der Waals surface area contributed by atoms with Gasteiger partial charge in [-0.1, -0.05) is 189 Å². The van der Waals surface area contributed by atoms with Crippen LogP contribution in [0.25, 0.3) is 0 Å². The molecule has 0 fully saturated rings. The monoisotopic (exact) mass is 625 g/mol. The zero-order chi connectivity index (χ0) is 31.9. The number of aliphatic carboxylic acids is 1. The van der Waals surface area contributed by atoms with E-state index in [0.29, 0.717) is 14.0 Å². The van der Waals surface area contributed by atoms with Gasteiger partial charge >= 0.3 is 5.97 Å². The van der Waals surface area contributed by atoms with Crippen LogP contribution in [0.3, 0.4) is 0 Å². The predicted octanol–water partition coefficient (Wildman–Crippen LogP) is 14.7. The minimum absolute atomic E-state index is 0.450. The van der Waals surface area contributed by atoms with E-state index in [2.05, 4.69) is 34.6 Å². The molecule has 0 aliphatic rings. The van der Waals surface area contributed by atoms with Crippen LogP contribution < -0.4 is 0 Å². The number of unbranched alkanes of at least 4 members (excludes halogenated alkanes) is 20. The van der Waals surface area contributed by atoms with Crippen molar-refractivity contribution in [2.45, 2.75) is 239 Å². The lowest BCUT2D eigenvalue weighted by Crippen LogP contribution is -2.34. The maximum atomic E-state index is 12.7. The maximum absolute atomic E-state index is 12.7. The molecule has 0 amide bonds. The van der Waals surface area contributed by atoms with Crippen LogP contribution in [0.1, 0.15) is 234 Å². The van der Waals surface area contributed by atoms with Gasteiger partial charge in [-0.25, -0.2) is 0 Å². The summed E-state index contributed by atoms with van der Waals surface area (Å²) in [6.07, 6.45) is 42.0. The van der Waals surface area contributed by atoms with Crippen LogP contribution in [0.4, 0.5) is 0 Å². The van der Waals surface area contributed by atoms with Crippen molar-refractivity contribution in [3.05, 3.63) is 0 Å². The molecule has 2 atom stereocenters. The lowest BCUT2D eigenvalue weighted by Gasteiger charge is -2.37. The van der Waals surface area contributed by atoms with Crippen LogP contribution in [0.15, 0.2) is 0 Å². The first-order valence-corrected chi connectivity index (χ1v) is 21.1. The van der Waals surface area contributed by atoms with Crippen LogP contribution in [-0.2, 0) is 4.79 Å². The molecule has 43 heavy (non-hydrogen) atoms. The molecule has 0 aromatic heterocycles. The van der Waals surface area contributed by atoms with Crippen molar-refractivity contribution in [2.24, 2.45) is 5.41 Å². The first kappa shape index (κ1) is 42.9. The summed E-state index contributed by atoms with van der Waals surface area (Å²) < 4.78 is 0. The number of rotatable bonds is 35. The molecule has 2 nitrogen and oxygen atoms in total. The van der Waals surface area contributed by atoms with Crippen LogP contribution in [0.5, 0.6) is 0 Å². The average molecular weight is 625 g/mol. The highest BCUT2D eigenvalue weighted by atomic mass is 31.1. The Balaban J connectivity index is 4.87. The van der Waals surface area contributed by atoms with E-state index in [0.717, 1.165) is 25.4 Å². The lowest BCUT2D eigenvalue weighted by molar-refractivity contribution is -0.140. The van der Waals surface area contributed by atoms with E-state index in [1.54, 1.807) is 0 Å². The first-order chi connectivity index (χ1) is 21.0. The smallest absolute Gasteiger partial charge is 0.313 e. The Labute approximate surface area is 274 Å². The predicted molar refractivity (Wildman–Crippen MR) is 197 cm³/mol. The highest BCUT2D eigenvalue weighted by molar-refractivity contribution is 7.41. The second kappa shape index (κ2) is 30.5. The van der Waals surface area contributed by atoms with Gasteiger partial charge in [0.2, 0.25) is 0 Å². The zero-order valence-corrected chi connectivity index (χ0v) is 31.5. The van der Waals surface area contributed by atoms with E-state index in [1.165, 1.54) is 180 Å². The van der Waals surface area contributed by atoms with E-state index in [4.69, 9.17) is 0 Å². The minimum atomic E-state index is -0.508. The molecule has 2 unspecified atom stereocenters. The molecule has 258 valence electrons. The Bertz CT molecular complexity index is 560. The quantitative estimate of drug-likeness (QED) is 0.0562. The van der Waals surface area contributed by atoms with Gasteiger partial charge in [0.15, 0.2) is 0 Å². The van der Waals surface area contributed by atoms with Crippen LogP contribution >= 0.6 is 8.58 Å². The summed E-state index contributed by atoms with van der Waals surface area (Å²) in [5.41, 5.74) is 0.450. The van der Waals surface area contributed by atoms with E-state index in [9.17, 15) is 9.90 Å². The highest BCUT2D eigenvalue weighted by Gasteiger charge is 2.37. The van der Waals surface area contributed by atoms with E-state index >= 15 is 0 Å². The van der Waals surface area contributed by atoms with Gasteiger partial charge in [-0.2, -0.15) is 0 Å². The summed E-state index contributed by atoms with van der Waals surface area (Å²) in [6.45, 7) is 11.4. The SMILES string of the molecule is CCCCCCCCCCCCCCPC(CC)(CCCC(CCCCCC)(CCCCCC)CCCCCC)C(=O)O. The number of carbonyl (C=O) groups is 1. The molecule has 0 aromatic rings. The number of hydrogen-bond donors (Lipinski definition) is 1. The molecule has 0 rings (SSSR count). The van der Waals surface area contributed by atoms with Gasteiger partial charge < -0.3 is 5.11 Å². The van der Waals surface area contributed by atoms with Crippen LogP contribution in [0, 0.1) is 5.41 Å². The summed E-state index contributed by atoms with van der Waals surface area (Å²) in [5, 5.41) is 9.98. The summed E-state index contributed by atoms with van der Waals surface area (Å²) in [6, 6.07) is 0. The number of carboxylic acids is 1. The molecular weight excluding hydrogens is 543 g/mol. The van der Waals surface area contributed by atoms with Crippen molar-refractivity contribution >= 4 is 14.6 Å². The Kier molecular flexibility index (Phi) is 30.5. The Morgan fingerprint density at radius 3 is 1.12 bits per heavy atom. The van der Waals surface area contributed by atoms with Crippen molar-refractivity contribution < 1.29 is 9.90 Å². The Morgan fingerprint density at radius 2 is 0.767 bits per heavy atom. The molecule has 0 aliphatic heterocycles. The molecule has 0 saturated heterocycles. The fourth-order valence-electron chi connectivity index (χ4n) is 7.31. The molecular formula is C40H81O2P. The summed E-state index contributed by atoms with van der Waals surface area (Å²) in [7, 11) is 0.582. The molecule has 0 spiro atoms. The Hall–Kier alpha value is -0.100. The summed E-state index contributed by atoms with van der Waals surface area (Å²) >= 11 is 0. The molecule has 0 aromatic carbocycles. The van der Waals surface area contributed by atoms with Crippen molar-refractivity contribution in [1.82, 2.24) is 0 Å². The van der Waals surface area contributed by atoms with Crippen LogP contribution in [0.2, 0.25) is 0 Å². The third kappa shape index (κ3) is 23.0. The van der Waals surface area contributed by atoms with Gasteiger partial charge in [0.25, 0.3) is 0 Å². The second-order valence-electron chi connectivity index (χ2n) is 14.3. The fraction of sp³-hybridized carbons (Fsp3) is 0.975. The van der Waals surface area contributed by atoms with Crippen molar-refractivity contribution in [3.8, 4) is 0 Å². The van der Waals surface area contributed by atoms with Gasteiger partial charge in [0, 0.05) is 0 Å². The number of carboxylic acid groups (broad SMARTS) is 1. The first-order valence-electron chi connectivity index (χ1n) is 19.9.